The Morgan fingerprint density at radius 3 is 2.75 bits per heavy atom. The van der Waals surface area contributed by atoms with Crippen LogP contribution in [0.3, 0.4) is 0 Å². The fourth-order valence-electron chi connectivity index (χ4n) is 1.68. The zero-order chi connectivity index (χ0) is 8.65. The minimum Gasteiger partial charge on any atom is -0.198 e. The third kappa shape index (κ3) is 4.01. The quantitative estimate of drug-likeness (QED) is 0.611. The largest absolute Gasteiger partial charge is 0.198 e. The summed E-state index contributed by atoms with van der Waals surface area (Å²) < 4.78 is 0. The second-order valence-corrected chi connectivity index (χ2v) is 4.64. The van der Waals surface area contributed by atoms with E-state index < -0.39 is 0 Å². The smallest absolute Gasteiger partial charge is 0.0622 e. The van der Waals surface area contributed by atoms with Crippen molar-refractivity contribution in [1.29, 1.82) is 5.26 Å². The average Bonchev–Trinajstić information content (AvgIpc) is 2.57. The van der Waals surface area contributed by atoms with Gasteiger partial charge in [0.15, 0.2) is 0 Å². The summed E-state index contributed by atoms with van der Waals surface area (Å²) in [6.45, 7) is 0. The molecule has 0 atom stereocenters. The Bertz CT molecular complexity index is 144. The molecule has 12 heavy (non-hydrogen) atoms. The van der Waals surface area contributed by atoms with E-state index in [0.29, 0.717) is 0 Å². The maximum absolute atomic E-state index is 8.32. The van der Waals surface area contributed by atoms with E-state index in [4.69, 9.17) is 5.26 Å². The molecular weight excluding hydrogens is 166 g/mol. The van der Waals surface area contributed by atoms with E-state index in [-0.39, 0.29) is 0 Å². The molecule has 0 aromatic rings. The van der Waals surface area contributed by atoms with Gasteiger partial charge in [0.25, 0.3) is 0 Å². The van der Waals surface area contributed by atoms with Crippen molar-refractivity contribution < 1.29 is 0 Å². The van der Waals surface area contributed by atoms with Gasteiger partial charge in [-0.2, -0.15) is 17.0 Å². The molecule has 1 aliphatic rings. The van der Waals surface area contributed by atoms with E-state index in [1.807, 2.05) is 11.8 Å². The molecule has 0 aromatic heterocycles. The normalized spacial score (nSPS) is 17.9. The lowest BCUT2D eigenvalue weighted by atomic mass is 10.1. The highest BCUT2D eigenvalue weighted by Gasteiger charge is 2.13. The molecule has 0 amide bonds. The van der Waals surface area contributed by atoms with Crippen LogP contribution in [0.2, 0.25) is 0 Å². The fraction of sp³-hybridized carbons (Fsp3) is 0.900. The van der Waals surface area contributed by atoms with Gasteiger partial charge in [-0.3, -0.25) is 0 Å². The number of hydrogen-bond acceptors (Lipinski definition) is 2. The van der Waals surface area contributed by atoms with Gasteiger partial charge >= 0.3 is 0 Å². The molecule has 0 radical (unpaired) electrons. The maximum Gasteiger partial charge on any atom is 0.0622 e. The van der Waals surface area contributed by atoms with E-state index in [1.54, 1.807) is 0 Å². The van der Waals surface area contributed by atoms with Crippen molar-refractivity contribution in [1.82, 2.24) is 0 Å². The molecule has 0 unspecified atom stereocenters. The predicted molar refractivity (Wildman–Crippen MR) is 54.1 cm³/mol. The van der Waals surface area contributed by atoms with Crippen molar-refractivity contribution in [3.8, 4) is 6.07 Å². The zero-order valence-electron chi connectivity index (χ0n) is 7.59. The van der Waals surface area contributed by atoms with Crippen LogP contribution in [0, 0.1) is 17.2 Å². The molecule has 1 fully saturated rings. The summed E-state index contributed by atoms with van der Waals surface area (Å²) in [5.41, 5.74) is 0. The van der Waals surface area contributed by atoms with E-state index in [1.165, 1.54) is 37.2 Å². The van der Waals surface area contributed by atoms with Crippen LogP contribution in [0.4, 0.5) is 0 Å². The van der Waals surface area contributed by atoms with Gasteiger partial charge in [0.2, 0.25) is 0 Å². The molecule has 1 aliphatic carbocycles. The Kier molecular flexibility index (Phi) is 5.27. The molecule has 68 valence electrons. The number of unbranched alkanes of at least 4 members (excludes halogenated alkanes) is 1. The summed E-state index contributed by atoms with van der Waals surface area (Å²) >= 11 is 2.04. The van der Waals surface area contributed by atoms with Gasteiger partial charge in [-0.1, -0.05) is 12.8 Å². The summed E-state index contributed by atoms with van der Waals surface area (Å²) in [5, 5.41) is 8.32. The second-order valence-electron chi connectivity index (χ2n) is 3.49. The molecule has 1 rings (SSSR count). The van der Waals surface area contributed by atoms with Crippen molar-refractivity contribution in [3.05, 3.63) is 0 Å². The van der Waals surface area contributed by atoms with Crippen molar-refractivity contribution in [2.45, 2.75) is 38.5 Å². The molecule has 0 saturated heterocycles. The third-order valence-corrected chi connectivity index (χ3v) is 3.69. The van der Waals surface area contributed by atoms with Gasteiger partial charge in [0.1, 0.15) is 0 Å². The van der Waals surface area contributed by atoms with Crippen LogP contribution in [0.5, 0.6) is 0 Å². The first kappa shape index (κ1) is 9.92. The average molecular weight is 183 g/mol. The first-order valence-corrected chi connectivity index (χ1v) is 6.03. The van der Waals surface area contributed by atoms with Crippen molar-refractivity contribution in [3.63, 3.8) is 0 Å². The van der Waals surface area contributed by atoms with Gasteiger partial charge in [-0.25, -0.2) is 0 Å². The SMILES string of the molecule is N#CCCCSCC1CCCC1. The summed E-state index contributed by atoms with van der Waals surface area (Å²) in [6, 6.07) is 2.18. The second kappa shape index (κ2) is 6.37. The first-order valence-electron chi connectivity index (χ1n) is 4.88. The summed E-state index contributed by atoms with van der Waals surface area (Å²) in [5.74, 6) is 3.52. The molecule has 1 nitrogen and oxygen atoms in total. The molecule has 0 aliphatic heterocycles. The molecule has 2 heteroatoms. The van der Waals surface area contributed by atoms with Crippen molar-refractivity contribution in [2.75, 3.05) is 11.5 Å². The molecule has 0 aromatic carbocycles. The van der Waals surface area contributed by atoms with Gasteiger partial charge in [-0.05, 0) is 36.7 Å². The van der Waals surface area contributed by atoms with Gasteiger partial charge in [-0.15, -0.1) is 0 Å². The van der Waals surface area contributed by atoms with Gasteiger partial charge in [0, 0.05) is 6.42 Å². The van der Waals surface area contributed by atoms with Crippen LogP contribution in [0.1, 0.15) is 38.5 Å². The monoisotopic (exact) mass is 183 g/mol. The highest BCUT2D eigenvalue weighted by atomic mass is 32.2. The van der Waals surface area contributed by atoms with E-state index >= 15 is 0 Å². The van der Waals surface area contributed by atoms with Crippen LogP contribution in [-0.2, 0) is 0 Å². The van der Waals surface area contributed by atoms with Gasteiger partial charge < -0.3 is 0 Å². The summed E-state index contributed by atoms with van der Waals surface area (Å²) in [6.07, 6.45) is 7.61. The lowest BCUT2D eigenvalue weighted by molar-refractivity contribution is 0.623. The van der Waals surface area contributed by atoms with E-state index in [2.05, 4.69) is 6.07 Å². The predicted octanol–water partition coefficient (Wildman–Crippen LogP) is 3.21. The molecule has 0 N–H and O–H groups in total. The Balaban J connectivity index is 1.85. The standard InChI is InChI=1S/C10H17NS/c11-7-3-4-8-12-9-10-5-1-2-6-10/h10H,1-6,8-9H2. The van der Waals surface area contributed by atoms with Crippen LogP contribution >= 0.6 is 11.8 Å². The number of nitrogens with zero attached hydrogens (tertiary/aromatic N) is 1. The lowest BCUT2D eigenvalue weighted by Crippen LogP contribution is -1.97. The molecular formula is C10H17NS. The lowest BCUT2D eigenvalue weighted by Gasteiger charge is -2.06. The Labute approximate surface area is 79.5 Å². The number of rotatable bonds is 5. The highest BCUT2D eigenvalue weighted by Crippen LogP contribution is 2.27. The summed E-state index contributed by atoms with van der Waals surface area (Å²) in [7, 11) is 0. The van der Waals surface area contributed by atoms with Crippen LogP contribution < -0.4 is 0 Å². The highest BCUT2D eigenvalue weighted by molar-refractivity contribution is 7.99. The minimum absolute atomic E-state index is 0.734. The Morgan fingerprint density at radius 2 is 2.08 bits per heavy atom. The minimum atomic E-state index is 0.734. The van der Waals surface area contributed by atoms with E-state index in [0.717, 1.165) is 18.8 Å². The number of nitriles is 1. The van der Waals surface area contributed by atoms with Crippen LogP contribution in [0.25, 0.3) is 0 Å². The molecule has 0 spiro atoms. The van der Waals surface area contributed by atoms with Gasteiger partial charge in [0.05, 0.1) is 6.07 Å². The Hall–Kier alpha value is -0.160. The molecule has 0 heterocycles. The van der Waals surface area contributed by atoms with E-state index in [9.17, 15) is 0 Å². The number of hydrogen-bond donors (Lipinski definition) is 0. The van der Waals surface area contributed by atoms with Crippen molar-refractivity contribution in [2.24, 2.45) is 5.92 Å². The first-order chi connectivity index (χ1) is 5.93. The fourth-order valence-corrected chi connectivity index (χ4v) is 2.86. The summed E-state index contributed by atoms with van der Waals surface area (Å²) in [4.78, 5) is 0. The number of thioether (sulfide) groups is 1. The van der Waals surface area contributed by atoms with Crippen LogP contribution in [-0.4, -0.2) is 11.5 Å². The third-order valence-electron chi connectivity index (χ3n) is 2.41. The van der Waals surface area contributed by atoms with Crippen molar-refractivity contribution >= 4 is 11.8 Å². The topological polar surface area (TPSA) is 23.8 Å². The molecule has 0 bridgehead atoms. The Morgan fingerprint density at radius 1 is 1.33 bits per heavy atom. The van der Waals surface area contributed by atoms with Crippen LogP contribution in [0.15, 0.2) is 0 Å². The zero-order valence-corrected chi connectivity index (χ0v) is 8.41. The maximum atomic E-state index is 8.32. The molecule has 1 saturated carbocycles.